The third-order valence-corrected chi connectivity index (χ3v) is 12.4. The van der Waals surface area contributed by atoms with E-state index in [0.717, 1.165) is 33.4 Å². The molecule has 0 spiro atoms. The summed E-state index contributed by atoms with van der Waals surface area (Å²) in [6.45, 7) is 0. The lowest BCUT2D eigenvalue weighted by molar-refractivity contribution is 1.07. The predicted octanol–water partition coefficient (Wildman–Crippen LogP) is 13.4. The van der Waals surface area contributed by atoms with Crippen molar-refractivity contribution >= 4 is 75.1 Å². The quantitative estimate of drug-likeness (QED) is 0.176. The number of hydrogen-bond acceptors (Lipinski definition) is 4. The lowest BCUT2D eigenvalue weighted by atomic mass is 10.1. The minimum absolute atomic E-state index is 0.639. The maximum atomic E-state index is 4.98. The summed E-state index contributed by atoms with van der Waals surface area (Å²) in [5, 5.41) is 7.49. The van der Waals surface area contributed by atoms with Gasteiger partial charge in [0, 0.05) is 59.4 Å². The molecule has 0 saturated carbocycles. The van der Waals surface area contributed by atoms with Crippen molar-refractivity contribution < 1.29 is 0 Å². The van der Waals surface area contributed by atoms with Crippen molar-refractivity contribution in [1.82, 2.24) is 24.1 Å². The summed E-state index contributed by atoms with van der Waals surface area (Å²) in [4.78, 5) is 14.9. The number of fused-ring (bicyclic) bond motifs is 9. The Balaban J connectivity index is 1.05. The van der Waals surface area contributed by atoms with Gasteiger partial charge in [0.1, 0.15) is 0 Å². The highest BCUT2D eigenvalue weighted by Crippen LogP contribution is 2.43. The fraction of sp³-hybridized carbons (Fsp3) is 0. The molecule has 0 radical (unpaired) electrons. The molecule has 5 nitrogen and oxygen atoms in total. The van der Waals surface area contributed by atoms with E-state index in [-0.39, 0.29) is 0 Å². The minimum Gasteiger partial charge on any atom is -0.309 e. The zero-order chi connectivity index (χ0) is 37.5. The molecular weight excluding hydrogens is 715 g/mol. The van der Waals surface area contributed by atoms with Crippen LogP contribution in [0.5, 0.6) is 0 Å². The molecule has 266 valence electrons. The molecule has 57 heavy (non-hydrogen) atoms. The van der Waals surface area contributed by atoms with Crippen LogP contribution >= 0.6 is 11.3 Å². The number of thiophene rings is 1. The van der Waals surface area contributed by atoms with Crippen LogP contribution in [0, 0.1) is 0 Å². The third kappa shape index (κ3) is 4.98. The summed E-state index contributed by atoms with van der Waals surface area (Å²) in [5.41, 5.74) is 9.84. The predicted molar refractivity (Wildman–Crippen MR) is 238 cm³/mol. The smallest absolute Gasteiger partial charge is 0.164 e. The molecule has 4 heterocycles. The Kier molecular flexibility index (Phi) is 7.03. The molecule has 0 unspecified atom stereocenters. The van der Waals surface area contributed by atoms with E-state index in [1.807, 2.05) is 72.0 Å². The van der Waals surface area contributed by atoms with Gasteiger partial charge in [0.15, 0.2) is 17.5 Å². The van der Waals surface area contributed by atoms with Gasteiger partial charge in [-0.05, 0) is 60.7 Å². The molecule has 0 saturated heterocycles. The fourth-order valence-electron chi connectivity index (χ4n) is 8.57. The normalized spacial score (nSPS) is 11.9. The van der Waals surface area contributed by atoms with Crippen molar-refractivity contribution in [1.29, 1.82) is 0 Å². The van der Waals surface area contributed by atoms with Crippen LogP contribution in [0.3, 0.4) is 0 Å². The topological polar surface area (TPSA) is 48.5 Å². The van der Waals surface area contributed by atoms with Crippen LogP contribution in [-0.4, -0.2) is 24.1 Å². The minimum atomic E-state index is 0.639. The highest BCUT2D eigenvalue weighted by molar-refractivity contribution is 7.26. The summed E-state index contributed by atoms with van der Waals surface area (Å²) >= 11 is 1.87. The van der Waals surface area contributed by atoms with Gasteiger partial charge in [0.25, 0.3) is 0 Å². The number of aromatic nitrogens is 5. The standard InChI is InChI=1S/C51H31N5S/c1-3-14-32(15-4-1)49-52-50(33-16-5-2-6-17-33)54-51(53-49)34-26-28-35(29-27-34)55-42-22-10-7-18-36(42)40-31-46-41(30-45(40)55)37-19-8-11-23-43(37)56(46)44-24-13-21-39-38-20-9-12-25-47(38)57-48(39)44/h1-31H. The molecule has 0 N–H and O–H groups in total. The molecule has 8 aromatic carbocycles. The van der Waals surface area contributed by atoms with Gasteiger partial charge >= 0.3 is 0 Å². The second-order valence-electron chi connectivity index (χ2n) is 14.4. The first-order valence-electron chi connectivity index (χ1n) is 19.1. The van der Waals surface area contributed by atoms with Crippen molar-refractivity contribution in [2.24, 2.45) is 0 Å². The van der Waals surface area contributed by atoms with Crippen molar-refractivity contribution in [2.75, 3.05) is 0 Å². The molecule has 0 aliphatic rings. The van der Waals surface area contributed by atoms with Crippen molar-refractivity contribution in [2.45, 2.75) is 0 Å². The largest absolute Gasteiger partial charge is 0.309 e. The first-order valence-corrected chi connectivity index (χ1v) is 19.9. The molecule has 0 bridgehead atoms. The highest BCUT2D eigenvalue weighted by Gasteiger charge is 2.21. The monoisotopic (exact) mass is 745 g/mol. The summed E-state index contributed by atoms with van der Waals surface area (Å²) < 4.78 is 7.48. The van der Waals surface area contributed by atoms with Gasteiger partial charge in [-0.2, -0.15) is 0 Å². The van der Waals surface area contributed by atoms with Gasteiger partial charge in [-0.25, -0.2) is 15.0 Å². The maximum Gasteiger partial charge on any atom is 0.164 e. The van der Waals surface area contributed by atoms with E-state index in [2.05, 4.69) is 137 Å². The molecule has 0 aliphatic heterocycles. The van der Waals surface area contributed by atoms with Crippen molar-refractivity contribution in [3.05, 3.63) is 188 Å². The van der Waals surface area contributed by atoms with Gasteiger partial charge in [-0.15, -0.1) is 11.3 Å². The van der Waals surface area contributed by atoms with Crippen LogP contribution in [0.1, 0.15) is 0 Å². The molecule has 12 aromatic rings. The van der Waals surface area contributed by atoms with Crippen LogP contribution in [-0.2, 0) is 0 Å². The van der Waals surface area contributed by atoms with E-state index in [0.29, 0.717) is 17.5 Å². The fourth-order valence-corrected chi connectivity index (χ4v) is 9.78. The molecule has 0 atom stereocenters. The maximum absolute atomic E-state index is 4.98. The third-order valence-electron chi connectivity index (χ3n) is 11.2. The van der Waals surface area contributed by atoms with Gasteiger partial charge in [0.2, 0.25) is 0 Å². The lowest BCUT2D eigenvalue weighted by Gasteiger charge is -2.11. The Bertz CT molecular complexity index is 3450. The zero-order valence-electron chi connectivity index (χ0n) is 30.5. The molecule has 6 heteroatoms. The summed E-state index contributed by atoms with van der Waals surface area (Å²) in [6.07, 6.45) is 0. The highest BCUT2D eigenvalue weighted by atomic mass is 32.1. The van der Waals surface area contributed by atoms with Crippen LogP contribution in [0.4, 0.5) is 0 Å². The summed E-state index contributed by atoms with van der Waals surface area (Å²) in [6, 6.07) is 66.7. The molecule has 0 fully saturated rings. The van der Waals surface area contributed by atoms with E-state index < -0.39 is 0 Å². The van der Waals surface area contributed by atoms with Crippen LogP contribution in [0.15, 0.2) is 188 Å². The van der Waals surface area contributed by atoms with Crippen LogP contribution < -0.4 is 0 Å². The van der Waals surface area contributed by atoms with Crippen molar-refractivity contribution in [3.63, 3.8) is 0 Å². The Hall–Kier alpha value is -7.41. The Morgan fingerprint density at radius 1 is 0.333 bits per heavy atom. The average Bonchev–Trinajstić information content (AvgIpc) is 3.94. The Labute approximate surface area is 331 Å². The Morgan fingerprint density at radius 3 is 1.42 bits per heavy atom. The molecule has 12 rings (SSSR count). The van der Waals surface area contributed by atoms with E-state index >= 15 is 0 Å². The SMILES string of the molecule is c1ccc(-c2nc(-c3ccccc3)nc(-c3ccc(-n4c5ccccc5c5cc6c(cc54)c4ccccc4n6-c4cccc5c4sc4ccccc45)cc3)n2)cc1. The summed E-state index contributed by atoms with van der Waals surface area (Å²) in [5.74, 6) is 1.94. The second-order valence-corrected chi connectivity index (χ2v) is 15.5. The van der Waals surface area contributed by atoms with Crippen LogP contribution in [0.2, 0.25) is 0 Å². The summed E-state index contributed by atoms with van der Waals surface area (Å²) in [7, 11) is 0. The number of para-hydroxylation sites is 2. The van der Waals surface area contributed by atoms with E-state index in [1.54, 1.807) is 0 Å². The molecular formula is C51H31N5S. The lowest BCUT2D eigenvalue weighted by Crippen LogP contribution is -2.00. The first-order chi connectivity index (χ1) is 28.3. The van der Waals surface area contributed by atoms with E-state index in [9.17, 15) is 0 Å². The average molecular weight is 746 g/mol. The van der Waals surface area contributed by atoms with Gasteiger partial charge in [-0.3, -0.25) is 0 Å². The molecule has 4 aromatic heterocycles. The second kappa shape index (κ2) is 12.6. The van der Waals surface area contributed by atoms with Gasteiger partial charge in [0.05, 0.1) is 32.5 Å². The van der Waals surface area contributed by atoms with Gasteiger partial charge in [-0.1, -0.05) is 127 Å². The number of hydrogen-bond donors (Lipinski definition) is 0. The van der Waals surface area contributed by atoms with E-state index in [4.69, 9.17) is 15.0 Å². The van der Waals surface area contributed by atoms with Gasteiger partial charge < -0.3 is 9.13 Å². The number of benzene rings is 8. The number of nitrogens with zero attached hydrogens (tertiary/aromatic N) is 5. The van der Waals surface area contributed by atoms with Crippen LogP contribution in [0.25, 0.3) is 109 Å². The zero-order valence-corrected chi connectivity index (χ0v) is 31.4. The molecule has 0 amide bonds. The first kappa shape index (κ1) is 31.9. The Morgan fingerprint density at radius 2 is 0.807 bits per heavy atom. The van der Waals surface area contributed by atoms with Crippen molar-refractivity contribution in [3.8, 4) is 45.5 Å². The van der Waals surface area contributed by atoms with E-state index in [1.165, 1.54) is 58.4 Å². The number of rotatable bonds is 5. The molecule has 0 aliphatic carbocycles.